The molecule has 0 spiro atoms. The number of carbonyl (C=O) groups is 1. The highest BCUT2D eigenvalue weighted by Crippen LogP contribution is 2.31. The average Bonchev–Trinajstić information content (AvgIpc) is 2.54. The van der Waals surface area contributed by atoms with Gasteiger partial charge in [-0.3, -0.25) is 0 Å². The van der Waals surface area contributed by atoms with E-state index in [2.05, 4.69) is 5.32 Å². The second-order valence-electron chi connectivity index (χ2n) is 5.66. The van der Waals surface area contributed by atoms with E-state index in [9.17, 15) is 13.2 Å². The number of nitrogens with one attached hydrogen (secondary N) is 1. The first-order chi connectivity index (χ1) is 11.0. The van der Waals surface area contributed by atoms with Crippen molar-refractivity contribution in [3.05, 3.63) is 24.3 Å². The van der Waals surface area contributed by atoms with Crippen LogP contribution in [0, 0.1) is 0 Å². The predicted octanol–water partition coefficient (Wildman–Crippen LogP) is 0.657. The monoisotopic (exact) mass is 340 g/mol. The number of carbonyl (C=O) groups excluding carboxylic acids is 1. The van der Waals surface area contributed by atoms with Gasteiger partial charge in [0.2, 0.25) is 0 Å². The maximum Gasteiger partial charge on any atom is 0.317 e. The fourth-order valence-electron chi connectivity index (χ4n) is 2.57. The Morgan fingerprint density at radius 3 is 2.65 bits per heavy atom. The number of hydrogen-bond acceptors (Lipinski definition) is 5. The summed E-state index contributed by atoms with van der Waals surface area (Å²) in [6, 6.07) is 7.27. The van der Waals surface area contributed by atoms with E-state index in [0.29, 0.717) is 19.6 Å². The summed E-state index contributed by atoms with van der Waals surface area (Å²) in [5, 5.41) is 2.81. The van der Waals surface area contributed by atoms with E-state index in [1.54, 1.807) is 0 Å². The van der Waals surface area contributed by atoms with Crippen molar-refractivity contribution in [2.75, 3.05) is 37.7 Å². The normalized spacial score (nSPS) is 22.4. The molecule has 1 N–H and O–H groups in total. The van der Waals surface area contributed by atoms with E-state index >= 15 is 0 Å². The Morgan fingerprint density at radius 1 is 1.22 bits per heavy atom. The van der Waals surface area contributed by atoms with Crippen LogP contribution in [0.1, 0.15) is 6.42 Å². The molecule has 0 bridgehead atoms. The summed E-state index contributed by atoms with van der Waals surface area (Å²) in [4.78, 5) is 13.5. The average molecular weight is 340 g/mol. The lowest BCUT2D eigenvalue weighted by atomic mass is 10.2. The summed E-state index contributed by atoms with van der Waals surface area (Å²) in [5.41, 5.74) is 0. The molecular weight excluding hydrogens is 320 g/mol. The quantitative estimate of drug-likeness (QED) is 0.874. The molecule has 0 saturated carbocycles. The first kappa shape index (κ1) is 15.9. The fourth-order valence-corrected chi connectivity index (χ4v) is 3.77. The first-order valence-corrected chi connectivity index (χ1v) is 9.47. The molecule has 2 amide bonds. The van der Waals surface area contributed by atoms with Crippen molar-refractivity contribution in [3.63, 3.8) is 0 Å². The molecule has 1 atom stereocenters. The van der Waals surface area contributed by atoms with E-state index in [0.717, 1.165) is 11.5 Å². The van der Waals surface area contributed by atoms with Crippen LogP contribution < -0.4 is 14.8 Å². The van der Waals surface area contributed by atoms with Crippen LogP contribution in [-0.4, -0.2) is 63.2 Å². The van der Waals surface area contributed by atoms with Gasteiger partial charge in [0.05, 0.1) is 11.5 Å². The van der Waals surface area contributed by atoms with Crippen LogP contribution in [0.3, 0.4) is 0 Å². The maximum absolute atomic E-state index is 12.0. The second kappa shape index (κ2) is 6.66. The Bertz CT molecular complexity index is 662. The van der Waals surface area contributed by atoms with Gasteiger partial charge < -0.3 is 19.7 Å². The Kier molecular flexibility index (Phi) is 4.61. The van der Waals surface area contributed by atoms with Crippen LogP contribution >= 0.6 is 0 Å². The van der Waals surface area contributed by atoms with Gasteiger partial charge in [-0.1, -0.05) is 12.1 Å². The van der Waals surface area contributed by atoms with Gasteiger partial charge in [0.15, 0.2) is 21.3 Å². The molecule has 1 saturated heterocycles. The minimum Gasteiger partial charge on any atom is -0.486 e. The smallest absolute Gasteiger partial charge is 0.317 e. The number of urea groups is 1. The number of amides is 2. The molecule has 23 heavy (non-hydrogen) atoms. The van der Waals surface area contributed by atoms with Crippen molar-refractivity contribution >= 4 is 15.9 Å². The third-order valence-electron chi connectivity index (χ3n) is 3.94. The van der Waals surface area contributed by atoms with E-state index in [1.807, 2.05) is 24.3 Å². The van der Waals surface area contributed by atoms with Gasteiger partial charge in [-0.2, -0.15) is 0 Å². The molecule has 1 fully saturated rings. The van der Waals surface area contributed by atoms with Crippen LogP contribution in [0.2, 0.25) is 0 Å². The molecule has 8 heteroatoms. The van der Waals surface area contributed by atoms with Crippen molar-refractivity contribution in [1.82, 2.24) is 10.2 Å². The van der Waals surface area contributed by atoms with Gasteiger partial charge in [-0.25, -0.2) is 13.2 Å². The van der Waals surface area contributed by atoms with Crippen LogP contribution in [0.15, 0.2) is 24.3 Å². The molecule has 2 aliphatic rings. The molecule has 0 aliphatic carbocycles. The van der Waals surface area contributed by atoms with Gasteiger partial charge in [0.25, 0.3) is 0 Å². The summed E-state index contributed by atoms with van der Waals surface area (Å²) >= 11 is 0. The largest absolute Gasteiger partial charge is 0.486 e. The summed E-state index contributed by atoms with van der Waals surface area (Å²) in [5.74, 6) is 1.53. The maximum atomic E-state index is 12.0. The van der Waals surface area contributed by atoms with Crippen LogP contribution in [0.5, 0.6) is 11.5 Å². The Balaban J connectivity index is 1.41. The van der Waals surface area contributed by atoms with Crippen molar-refractivity contribution in [2.45, 2.75) is 12.5 Å². The third kappa shape index (κ3) is 4.07. The molecule has 126 valence electrons. The molecule has 0 radical (unpaired) electrons. The highest BCUT2D eigenvalue weighted by atomic mass is 32.2. The lowest BCUT2D eigenvalue weighted by molar-refractivity contribution is 0.0849. The lowest BCUT2D eigenvalue weighted by Crippen LogP contribution is -2.48. The highest BCUT2D eigenvalue weighted by molar-refractivity contribution is 7.91. The van der Waals surface area contributed by atoms with Gasteiger partial charge in [-0.05, 0) is 12.1 Å². The zero-order valence-corrected chi connectivity index (χ0v) is 13.5. The van der Waals surface area contributed by atoms with Crippen LogP contribution in [0.25, 0.3) is 0 Å². The van der Waals surface area contributed by atoms with E-state index in [4.69, 9.17) is 9.47 Å². The number of ether oxygens (including phenoxy) is 2. The zero-order valence-electron chi connectivity index (χ0n) is 12.7. The first-order valence-electron chi connectivity index (χ1n) is 7.65. The Labute approximate surface area is 135 Å². The van der Waals surface area contributed by atoms with Gasteiger partial charge >= 0.3 is 6.03 Å². The molecule has 7 nitrogen and oxygen atoms in total. The van der Waals surface area contributed by atoms with Crippen molar-refractivity contribution in [1.29, 1.82) is 0 Å². The second-order valence-corrected chi connectivity index (χ2v) is 7.96. The van der Waals surface area contributed by atoms with Crippen molar-refractivity contribution in [2.24, 2.45) is 0 Å². The fraction of sp³-hybridized carbons (Fsp3) is 0.533. The summed E-state index contributed by atoms with van der Waals surface area (Å²) in [6.07, 6.45) is 0.526. The van der Waals surface area contributed by atoms with Crippen molar-refractivity contribution in [3.8, 4) is 11.5 Å². The van der Waals surface area contributed by atoms with Crippen LogP contribution in [0.4, 0.5) is 4.79 Å². The van der Waals surface area contributed by atoms with E-state index < -0.39 is 9.84 Å². The molecule has 1 aromatic rings. The minimum atomic E-state index is -2.97. The third-order valence-corrected chi connectivity index (χ3v) is 5.55. The molecule has 1 aromatic carbocycles. The van der Waals surface area contributed by atoms with Crippen molar-refractivity contribution < 1.29 is 22.7 Å². The standard InChI is InChI=1S/C15H20N2O5S/c18-15(17-7-9-23(19,20)10-8-17)16-6-5-12-11-21-13-3-1-2-4-14(13)22-12/h1-4,12H,5-11H2,(H,16,18)/t12-/m1/s1. The number of fused-ring (bicyclic) bond motifs is 1. The van der Waals surface area contributed by atoms with Crippen LogP contribution in [-0.2, 0) is 9.84 Å². The molecule has 2 aliphatic heterocycles. The summed E-state index contributed by atoms with van der Waals surface area (Å²) in [7, 11) is -2.97. The number of hydrogen-bond donors (Lipinski definition) is 1. The van der Waals surface area contributed by atoms with Gasteiger partial charge in [0, 0.05) is 26.1 Å². The predicted molar refractivity (Wildman–Crippen MR) is 84.6 cm³/mol. The van der Waals surface area contributed by atoms with Gasteiger partial charge in [-0.15, -0.1) is 0 Å². The van der Waals surface area contributed by atoms with Gasteiger partial charge in [0.1, 0.15) is 12.7 Å². The number of nitrogens with zero attached hydrogens (tertiary/aromatic N) is 1. The van der Waals surface area contributed by atoms with E-state index in [1.165, 1.54) is 4.90 Å². The molecule has 2 heterocycles. The number of sulfone groups is 1. The molecule has 0 unspecified atom stereocenters. The topological polar surface area (TPSA) is 84.9 Å². The number of para-hydroxylation sites is 2. The Morgan fingerprint density at radius 2 is 1.91 bits per heavy atom. The number of benzene rings is 1. The number of rotatable bonds is 3. The summed E-state index contributed by atoms with van der Waals surface area (Å²) < 4.78 is 34.1. The summed E-state index contributed by atoms with van der Waals surface area (Å²) in [6.45, 7) is 1.42. The lowest BCUT2D eigenvalue weighted by Gasteiger charge is -2.28. The highest BCUT2D eigenvalue weighted by Gasteiger charge is 2.25. The molecule has 3 rings (SSSR count). The van der Waals surface area contributed by atoms with E-state index in [-0.39, 0.29) is 36.7 Å². The SMILES string of the molecule is O=C(NCC[C@@H]1COc2ccccc2O1)N1CCS(=O)(=O)CC1. The Hall–Kier alpha value is -1.96. The molecule has 0 aromatic heterocycles. The molecular formula is C15H20N2O5S. The zero-order chi connectivity index (χ0) is 16.3. The minimum absolute atomic E-state index is 0.0385.